The molecule has 10 heteroatoms. The van der Waals surface area contributed by atoms with E-state index in [9.17, 15) is 32.1 Å². The van der Waals surface area contributed by atoms with Crippen molar-refractivity contribution in [3.63, 3.8) is 0 Å². The molecule has 5 nitrogen and oxygen atoms in total. The molecule has 0 aliphatic carbocycles. The zero-order valence-corrected chi connectivity index (χ0v) is 10.7. The summed E-state index contributed by atoms with van der Waals surface area (Å²) in [6.07, 6.45) is 0. The summed E-state index contributed by atoms with van der Waals surface area (Å²) < 4.78 is 71.1. The third-order valence-electron chi connectivity index (χ3n) is 2.70. The van der Waals surface area contributed by atoms with E-state index in [1.54, 1.807) is 0 Å². The summed E-state index contributed by atoms with van der Waals surface area (Å²) in [5.41, 5.74) is -2.63. The lowest BCUT2D eigenvalue weighted by Crippen LogP contribution is -2.05. The lowest BCUT2D eigenvalue weighted by molar-refractivity contribution is -0.386. The Labute approximate surface area is 119 Å². The van der Waals surface area contributed by atoms with E-state index in [-0.39, 0.29) is 0 Å². The fourth-order valence-corrected chi connectivity index (χ4v) is 1.69. The normalized spacial score (nSPS) is 10.6. The number of rotatable bonds is 3. The molecule has 0 radical (unpaired) electrons. The van der Waals surface area contributed by atoms with Crippen LogP contribution in [0.4, 0.5) is 27.6 Å². The van der Waals surface area contributed by atoms with E-state index in [1.165, 1.54) is 0 Å². The minimum Gasteiger partial charge on any atom is -0.476 e. The van der Waals surface area contributed by atoms with Gasteiger partial charge in [0.1, 0.15) is 0 Å². The maximum Gasteiger partial charge on any atom is 0.330 e. The van der Waals surface area contributed by atoms with Crippen molar-refractivity contribution in [3.05, 3.63) is 51.3 Å². The van der Waals surface area contributed by atoms with Gasteiger partial charge in [-0.25, -0.2) is 26.9 Å². The molecule has 0 saturated heterocycles. The first-order valence-electron chi connectivity index (χ1n) is 5.50. The average Bonchev–Trinajstić information content (AvgIpc) is 2.50. The molecule has 0 amide bonds. The Bertz CT molecular complexity index is 753. The molecule has 22 heavy (non-hydrogen) atoms. The Morgan fingerprint density at radius 2 is 1.50 bits per heavy atom. The minimum absolute atomic E-state index is 0.630. The number of hydrogen-bond donors (Lipinski definition) is 0. The van der Waals surface area contributed by atoms with Crippen molar-refractivity contribution in [2.24, 2.45) is 0 Å². The van der Waals surface area contributed by atoms with Crippen molar-refractivity contribution in [2.75, 3.05) is 7.11 Å². The van der Waals surface area contributed by atoms with Crippen molar-refractivity contribution in [2.45, 2.75) is 0 Å². The molecule has 0 atom stereocenters. The van der Waals surface area contributed by atoms with E-state index < -0.39 is 56.8 Å². The van der Waals surface area contributed by atoms with Gasteiger partial charge in [-0.05, 0) is 6.07 Å². The molecule has 0 aliphatic rings. The van der Waals surface area contributed by atoms with Crippen LogP contribution in [0.5, 0.6) is 5.88 Å². The highest BCUT2D eigenvalue weighted by Crippen LogP contribution is 2.33. The van der Waals surface area contributed by atoms with E-state index in [4.69, 9.17) is 0 Å². The zero-order chi connectivity index (χ0) is 16.6. The molecule has 0 spiro atoms. The molecule has 116 valence electrons. The predicted octanol–water partition coefficient (Wildman–Crippen LogP) is 3.36. The molecule has 1 aromatic heterocycles. The molecule has 0 aliphatic heterocycles. The van der Waals surface area contributed by atoms with E-state index in [2.05, 4.69) is 9.72 Å². The van der Waals surface area contributed by atoms with Crippen LogP contribution >= 0.6 is 0 Å². The fourth-order valence-electron chi connectivity index (χ4n) is 1.69. The Kier molecular flexibility index (Phi) is 3.93. The summed E-state index contributed by atoms with van der Waals surface area (Å²) in [7, 11) is 0.998. The van der Waals surface area contributed by atoms with E-state index in [0.717, 1.165) is 19.2 Å². The Balaban J connectivity index is 2.75. The van der Waals surface area contributed by atoms with Gasteiger partial charge in [0.25, 0.3) is 5.88 Å². The van der Waals surface area contributed by atoms with Crippen molar-refractivity contribution in [1.29, 1.82) is 0 Å². The molecule has 0 bridgehead atoms. The van der Waals surface area contributed by atoms with Gasteiger partial charge in [0, 0.05) is 6.07 Å². The number of nitrogens with zero attached hydrogens (tertiary/aromatic N) is 2. The fraction of sp³-hybridized carbons (Fsp3) is 0.0833. The van der Waals surface area contributed by atoms with Gasteiger partial charge in [-0.2, -0.15) is 0 Å². The Morgan fingerprint density at radius 1 is 1.00 bits per heavy atom. The number of nitro groups is 1. The second-order valence-electron chi connectivity index (χ2n) is 3.93. The summed E-state index contributed by atoms with van der Waals surface area (Å²) in [5.74, 6) is -11.4. The highest BCUT2D eigenvalue weighted by Gasteiger charge is 2.28. The van der Waals surface area contributed by atoms with Crippen LogP contribution in [-0.4, -0.2) is 17.0 Å². The van der Waals surface area contributed by atoms with E-state index in [1.807, 2.05) is 0 Å². The highest BCUT2D eigenvalue weighted by atomic mass is 19.2. The number of pyridine rings is 1. The molecule has 2 rings (SSSR count). The molecule has 0 fully saturated rings. The molecule has 0 saturated carbocycles. The summed E-state index contributed by atoms with van der Waals surface area (Å²) >= 11 is 0. The lowest BCUT2D eigenvalue weighted by atomic mass is 10.1. The van der Waals surface area contributed by atoms with E-state index >= 15 is 0 Å². The Hall–Kier alpha value is -2.78. The maximum atomic E-state index is 13.6. The van der Waals surface area contributed by atoms with Crippen LogP contribution in [-0.2, 0) is 0 Å². The van der Waals surface area contributed by atoms with Gasteiger partial charge in [0.2, 0.25) is 5.82 Å². The van der Waals surface area contributed by atoms with Gasteiger partial charge in [-0.3, -0.25) is 10.1 Å². The second kappa shape index (κ2) is 5.54. The summed E-state index contributed by atoms with van der Waals surface area (Å²) in [4.78, 5) is 13.2. The number of ether oxygens (including phenoxy) is 1. The first kappa shape index (κ1) is 15.6. The average molecular weight is 320 g/mol. The second-order valence-corrected chi connectivity index (χ2v) is 3.93. The summed E-state index contributed by atoms with van der Waals surface area (Å²) in [6.45, 7) is 0. The third-order valence-corrected chi connectivity index (χ3v) is 2.70. The first-order chi connectivity index (χ1) is 10.3. The van der Waals surface area contributed by atoms with Crippen LogP contribution < -0.4 is 4.74 Å². The SMILES string of the molecule is COc1nc(-c2c(F)c(F)c(F)c(F)c2F)ccc1[N+](=O)[O-]. The number of hydrogen-bond acceptors (Lipinski definition) is 4. The van der Waals surface area contributed by atoms with Gasteiger partial charge in [-0.15, -0.1) is 0 Å². The van der Waals surface area contributed by atoms with Crippen LogP contribution in [0.1, 0.15) is 0 Å². The van der Waals surface area contributed by atoms with Crippen LogP contribution in [0.25, 0.3) is 11.3 Å². The largest absolute Gasteiger partial charge is 0.476 e. The third kappa shape index (κ3) is 2.32. The molecular formula is C12H5F5N2O3. The van der Waals surface area contributed by atoms with Gasteiger partial charge >= 0.3 is 5.69 Å². The minimum atomic E-state index is -2.31. The lowest BCUT2D eigenvalue weighted by Gasteiger charge is -2.09. The van der Waals surface area contributed by atoms with Crippen LogP contribution in [0.3, 0.4) is 0 Å². The van der Waals surface area contributed by atoms with E-state index in [0.29, 0.717) is 0 Å². The quantitative estimate of drug-likeness (QED) is 0.286. The van der Waals surface area contributed by atoms with Crippen LogP contribution in [0.2, 0.25) is 0 Å². The summed E-state index contributed by atoms with van der Waals surface area (Å²) in [6, 6.07) is 1.53. The van der Waals surface area contributed by atoms with Gasteiger partial charge < -0.3 is 4.74 Å². The first-order valence-corrected chi connectivity index (χ1v) is 5.50. The summed E-state index contributed by atoms with van der Waals surface area (Å²) in [5, 5.41) is 10.7. The Morgan fingerprint density at radius 3 is 1.95 bits per heavy atom. The van der Waals surface area contributed by atoms with Crippen molar-refractivity contribution in [3.8, 4) is 17.1 Å². The van der Waals surface area contributed by atoms with Crippen LogP contribution in [0.15, 0.2) is 12.1 Å². The number of methoxy groups -OCH3 is 1. The van der Waals surface area contributed by atoms with Crippen LogP contribution in [0, 0.1) is 39.2 Å². The standard InChI is InChI=1S/C12H5F5N2O3/c1-22-12-5(19(20)21)3-2-4(18-12)6-7(13)9(15)11(17)10(16)8(6)14/h2-3H,1H3. The zero-order valence-electron chi connectivity index (χ0n) is 10.7. The van der Waals surface area contributed by atoms with Gasteiger partial charge in [-0.1, -0.05) is 0 Å². The molecule has 1 heterocycles. The van der Waals surface area contributed by atoms with Crippen molar-refractivity contribution >= 4 is 5.69 Å². The molecule has 2 aromatic rings. The maximum absolute atomic E-state index is 13.6. The molecular weight excluding hydrogens is 315 g/mol. The van der Waals surface area contributed by atoms with Gasteiger partial charge in [0.05, 0.1) is 23.3 Å². The monoisotopic (exact) mass is 320 g/mol. The molecule has 1 aromatic carbocycles. The number of benzene rings is 1. The van der Waals surface area contributed by atoms with Gasteiger partial charge in [0.15, 0.2) is 23.3 Å². The number of halogens is 5. The molecule has 0 unspecified atom stereocenters. The smallest absolute Gasteiger partial charge is 0.330 e. The van der Waals surface area contributed by atoms with Crippen molar-refractivity contribution < 1.29 is 31.6 Å². The molecule has 0 N–H and O–H groups in total. The topological polar surface area (TPSA) is 65.3 Å². The number of aromatic nitrogens is 1. The predicted molar refractivity (Wildman–Crippen MR) is 62.7 cm³/mol. The van der Waals surface area contributed by atoms with Crippen molar-refractivity contribution in [1.82, 2.24) is 4.98 Å². The highest BCUT2D eigenvalue weighted by molar-refractivity contribution is 5.64.